The lowest BCUT2D eigenvalue weighted by atomic mass is 10.2. The fourth-order valence-electron chi connectivity index (χ4n) is 3.20. The van der Waals surface area contributed by atoms with E-state index in [1.807, 2.05) is 17.5 Å². The van der Waals surface area contributed by atoms with Gasteiger partial charge in [-0.05, 0) is 24.3 Å². The molecule has 7 nitrogen and oxygen atoms in total. The zero-order valence-electron chi connectivity index (χ0n) is 15.6. The van der Waals surface area contributed by atoms with E-state index in [0.29, 0.717) is 26.2 Å². The Morgan fingerprint density at radius 3 is 2.48 bits per heavy atom. The van der Waals surface area contributed by atoms with Gasteiger partial charge in [0, 0.05) is 49.5 Å². The molecule has 1 saturated heterocycles. The van der Waals surface area contributed by atoms with E-state index in [1.54, 1.807) is 47.6 Å². The number of benzene rings is 1. The number of rotatable bonds is 5. The number of hydrogen-bond acceptors (Lipinski definition) is 6. The predicted octanol–water partition coefficient (Wildman–Crippen LogP) is 2.28. The molecule has 9 heteroatoms. The van der Waals surface area contributed by atoms with Gasteiger partial charge in [0.2, 0.25) is 15.9 Å². The Hall–Kier alpha value is -2.62. The quantitative estimate of drug-likeness (QED) is 0.623. The predicted molar refractivity (Wildman–Crippen MR) is 111 cm³/mol. The monoisotopic (exact) mass is 428 g/mol. The van der Waals surface area contributed by atoms with Crippen LogP contribution in [0.25, 0.3) is 10.6 Å². The Morgan fingerprint density at radius 1 is 1.03 bits per heavy atom. The van der Waals surface area contributed by atoms with Crippen LogP contribution in [0.4, 0.5) is 0 Å². The van der Waals surface area contributed by atoms with Crippen molar-refractivity contribution in [2.45, 2.75) is 11.3 Å². The van der Waals surface area contributed by atoms with Crippen molar-refractivity contribution in [2.75, 3.05) is 26.2 Å². The summed E-state index contributed by atoms with van der Waals surface area (Å²) in [7, 11) is -3.52. The summed E-state index contributed by atoms with van der Waals surface area (Å²) in [6.07, 6.45) is 3.66. The molecule has 2 aromatic heterocycles. The van der Waals surface area contributed by atoms with Crippen LogP contribution in [0.3, 0.4) is 0 Å². The van der Waals surface area contributed by atoms with Gasteiger partial charge in [0.05, 0.1) is 17.0 Å². The molecule has 0 atom stereocenters. The van der Waals surface area contributed by atoms with Gasteiger partial charge in [-0.25, -0.2) is 13.4 Å². The van der Waals surface area contributed by atoms with Gasteiger partial charge < -0.3 is 4.90 Å². The van der Waals surface area contributed by atoms with Gasteiger partial charge in [-0.1, -0.05) is 18.2 Å². The maximum atomic E-state index is 12.7. The minimum absolute atomic E-state index is 0.0372. The lowest BCUT2D eigenvalue weighted by Gasteiger charge is -2.34. The van der Waals surface area contributed by atoms with E-state index in [1.165, 1.54) is 15.6 Å². The van der Waals surface area contributed by atoms with E-state index in [-0.39, 0.29) is 17.2 Å². The second-order valence-corrected chi connectivity index (χ2v) is 9.46. The molecule has 0 spiro atoms. The first-order valence-corrected chi connectivity index (χ1v) is 11.5. The van der Waals surface area contributed by atoms with Gasteiger partial charge >= 0.3 is 0 Å². The molecule has 1 aliphatic rings. The molecule has 4 rings (SSSR count). The van der Waals surface area contributed by atoms with Crippen molar-refractivity contribution in [1.82, 2.24) is 19.2 Å². The Bertz CT molecular complexity index is 1080. The molecule has 1 amide bonds. The zero-order valence-corrected chi connectivity index (χ0v) is 17.3. The highest BCUT2D eigenvalue weighted by Gasteiger charge is 2.30. The third kappa shape index (κ3) is 4.36. The molecular formula is C20H20N4O3S2. The van der Waals surface area contributed by atoms with Crippen LogP contribution in [0.5, 0.6) is 0 Å². The summed E-state index contributed by atoms with van der Waals surface area (Å²) in [5.74, 6) is -0.0372. The van der Waals surface area contributed by atoms with Gasteiger partial charge in [-0.2, -0.15) is 4.31 Å². The molecule has 150 valence electrons. The van der Waals surface area contributed by atoms with Crippen LogP contribution >= 0.6 is 11.3 Å². The number of sulfonamides is 1. The molecule has 1 aliphatic heterocycles. The van der Waals surface area contributed by atoms with E-state index >= 15 is 0 Å². The van der Waals surface area contributed by atoms with Crippen molar-refractivity contribution in [2.24, 2.45) is 0 Å². The van der Waals surface area contributed by atoms with Crippen molar-refractivity contribution < 1.29 is 13.2 Å². The summed E-state index contributed by atoms with van der Waals surface area (Å²) in [6, 6.07) is 12.2. The van der Waals surface area contributed by atoms with Gasteiger partial charge in [0.1, 0.15) is 5.01 Å². The third-order valence-electron chi connectivity index (χ3n) is 4.76. The van der Waals surface area contributed by atoms with Gasteiger partial charge in [0.25, 0.3) is 0 Å². The zero-order chi connectivity index (χ0) is 20.3. The summed E-state index contributed by atoms with van der Waals surface area (Å²) < 4.78 is 26.8. The van der Waals surface area contributed by atoms with Crippen LogP contribution in [0.2, 0.25) is 0 Å². The number of thiazole rings is 1. The summed E-state index contributed by atoms with van der Waals surface area (Å²) in [6.45, 7) is 1.34. The minimum atomic E-state index is -3.52. The highest BCUT2D eigenvalue weighted by molar-refractivity contribution is 7.89. The number of pyridine rings is 1. The molecule has 0 N–H and O–H groups in total. The standard InChI is InChI=1S/C20H20N4O3S2/c25-19(13-17-15-28-20(22-17)16-5-4-8-21-14-16)23-9-11-24(12-10-23)29(26,27)18-6-2-1-3-7-18/h1-8,14-15H,9-13H2. The Balaban J connectivity index is 1.36. The molecular weight excluding hydrogens is 408 g/mol. The molecule has 0 unspecified atom stereocenters. The molecule has 0 aliphatic carbocycles. The molecule has 0 bridgehead atoms. The lowest BCUT2D eigenvalue weighted by Crippen LogP contribution is -2.50. The van der Waals surface area contributed by atoms with Crippen molar-refractivity contribution in [1.29, 1.82) is 0 Å². The van der Waals surface area contributed by atoms with E-state index in [2.05, 4.69) is 9.97 Å². The Kier molecular flexibility index (Phi) is 5.70. The summed E-state index contributed by atoms with van der Waals surface area (Å²) in [5.41, 5.74) is 1.65. The Morgan fingerprint density at radius 2 is 1.79 bits per heavy atom. The van der Waals surface area contributed by atoms with Crippen LogP contribution in [0.1, 0.15) is 5.69 Å². The van der Waals surface area contributed by atoms with Crippen molar-refractivity contribution in [3.05, 3.63) is 65.9 Å². The van der Waals surface area contributed by atoms with Crippen LogP contribution < -0.4 is 0 Å². The highest BCUT2D eigenvalue weighted by atomic mass is 32.2. The van der Waals surface area contributed by atoms with E-state index in [4.69, 9.17) is 0 Å². The minimum Gasteiger partial charge on any atom is -0.340 e. The van der Waals surface area contributed by atoms with Gasteiger partial charge in [-0.3, -0.25) is 9.78 Å². The van der Waals surface area contributed by atoms with Gasteiger partial charge in [-0.15, -0.1) is 11.3 Å². The second kappa shape index (κ2) is 8.40. The van der Waals surface area contributed by atoms with Crippen LogP contribution in [-0.4, -0.2) is 59.7 Å². The number of aromatic nitrogens is 2. The number of amides is 1. The maximum absolute atomic E-state index is 12.7. The molecule has 29 heavy (non-hydrogen) atoms. The van der Waals surface area contributed by atoms with Crippen LogP contribution in [0.15, 0.2) is 65.1 Å². The Labute approximate surface area is 173 Å². The largest absolute Gasteiger partial charge is 0.340 e. The maximum Gasteiger partial charge on any atom is 0.243 e. The number of nitrogens with zero attached hydrogens (tertiary/aromatic N) is 4. The van der Waals surface area contributed by atoms with Crippen molar-refractivity contribution in [3.63, 3.8) is 0 Å². The first-order valence-electron chi connectivity index (χ1n) is 9.22. The average Bonchev–Trinajstić information content (AvgIpc) is 3.23. The van der Waals surface area contributed by atoms with Crippen LogP contribution in [-0.2, 0) is 21.2 Å². The van der Waals surface area contributed by atoms with Crippen LogP contribution in [0, 0.1) is 0 Å². The fourth-order valence-corrected chi connectivity index (χ4v) is 5.45. The van der Waals surface area contributed by atoms with Crippen molar-refractivity contribution >= 4 is 27.3 Å². The fraction of sp³-hybridized carbons (Fsp3) is 0.250. The normalized spacial score (nSPS) is 15.4. The molecule has 0 radical (unpaired) electrons. The SMILES string of the molecule is O=C(Cc1csc(-c2cccnc2)n1)N1CCN(S(=O)(=O)c2ccccc2)CC1. The van der Waals surface area contributed by atoms with Crippen molar-refractivity contribution in [3.8, 4) is 10.6 Å². The highest BCUT2D eigenvalue weighted by Crippen LogP contribution is 2.23. The molecule has 1 aromatic carbocycles. The third-order valence-corrected chi connectivity index (χ3v) is 7.62. The van der Waals surface area contributed by atoms with E-state index in [0.717, 1.165) is 16.3 Å². The van der Waals surface area contributed by atoms with E-state index in [9.17, 15) is 13.2 Å². The second-order valence-electron chi connectivity index (χ2n) is 6.66. The lowest BCUT2D eigenvalue weighted by molar-refractivity contribution is -0.131. The molecule has 3 heterocycles. The smallest absolute Gasteiger partial charge is 0.243 e. The molecule has 0 saturated carbocycles. The van der Waals surface area contributed by atoms with Gasteiger partial charge in [0.15, 0.2) is 0 Å². The first-order chi connectivity index (χ1) is 14.0. The van der Waals surface area contributed by atoms with E-state index < -0.39 is 10.0 Å². The summed E-state index contributed by atoms with van der Waals surface area (Å²) in [4.78, 5) is 23.3. The summed E-state index contributed by atoms with van der Waals surface area (Å²) in [5, 5.41) is 2.72. The number of piperazine rings is 1. The average molecular weight is 429 g/mol. The first kappa shape index (κ1) is 19.7. The topological polar surface area (TPSA) is 83.5 Å². The number of carbonyl (C=O) groups is 1. The molecule has 1 fully saturated rings. The number of hydrogen-bond donors (Lipinski definition) is 0. The molecule has 3 aromatic rings. The number of carbonyl (C=O) groups excluding carboxylic acids is 1. The summed E-state index contributed by atoms with van der Waals surface area (Å²) >= 11 is 1.48.